The van der Waals surface area contributed by atoms with Gasteiger partial charge in [-0.25, -0.2) is 8.78 Å². The van der Waals surface area contributed by atoms with Gasteiger partial charge in [0.15, 0.2) is 5.96 Å². The maximum Gasteiger partial charge on any atom is 0.191 e. The molecule has 1 aromatic carbocycles. The molecule has 0 aromatic heterocycles. The highest BCUT2D eigenvalue weighted by molar-refractivity contribution is 14.0. The minimum atomic E-state index is -0.545. The predicted molar refractivity (Wildman–Crippen MR) is 130 cm³/mol. The van der Waals surface area contributed by atoms with Crippen molar-refractivity contribution in [3.05, 3.63) is 29.8 Å². The number of hydrogen-bond donors (Lipinski definition) is 2. The van der Waals surface area contributed by atoms with Crippen LogP contribution in [0.5, 0.6) is 0 Å². The van der Waals surface area contributed by atoms with E-state index in [2.05, 4.69) is 41.3 Å². The fourth-order valence-corrected chi connectivity index (χ4v) is 3.95. The van der Waals surface area contributed by atoms with Crippen molar-refractivity contribution in [1.29, 1.82) is 0 Å². The van der Waals surface area contributed by atoms with E-state index in [1.54, 1.807) is 0 Å². The Morgan fingerprint density at radius 3 is 2.60 bits per heavy atom. The van der Waals surface area contributed by atoms with Gasteiger partial charge in [-0.05, 0) is 39.4 Å². The molecule has 0 radical (unpaired) electrons. The van der Waals surface area contributed by atoms with Gasteiger partial charge in [-0.3, -0.25) is 9.89 Å². The zero-order chi connectivity index (χ0) is 20.8. The Labute approximate surface area is 196 Å². The van der Waals surface area contributed by atoms with Crippen molar-refractivity contribution < 1.29 is 8.78 Å². The maximum absolute atomic E-state index is 14.1. The maximum atomic E-state index is 14.1. The Hall–Kier alpha value is -1.20. The summed E-state index contributed by atoms with van der Waals surface area (Å²) in [5, 5.41) is 6.81. The summed E-state index contributed by atoms with van der Waals surface area (Å²) >= 11 is 0. The molecule has 9 heteroatoms. The average molecular weight is 536 g/mol. The van der Waals surface area contributed by atoms with E-state index in [-0.39, 0.29) is 30.0 Å². The lowest BCUT2D eigenvalue weighted by molar-refractivity contribution is 0.122. The van der Waals surface area contributed by atoms with Crippen LogP contribution in [-0.2, 0) is 0 Å². The Balaban J connectivity index is 0.00000320. The highest BCUT2D eigenvalue weighted by Crippen LogP contribution is 2.24. The number of aliphatic imine (C=N–C) groups is 1. The quantitative estimate of drug-likeness (QED) is 0.332. The minimum Gasteiger partial charge on any atom is -0.367 e. The summed E-state index contributed by atoms with van der Waals surface area (Å²) in [6, 6.07) is 4.35. The molecule has 30 heavy (non-hydrogen) atoms. The van der Waals surface area contributed by atoms with Crippen LogP contribution >= 0.6 is 24.0 Å². The van der Waals surface area contributed by atoms with Crippen molar-refractivity contribution in [1.82, 2.24) is 20.4 Å². The number of likely N-dealkylation sites (N-methyl/N-ethyl adjacent to an activating group) is 1. The van der Waals surface area contributed by atoms with E-state index in [4.69, 9.17) is 4.99 Å². The second kappa shape index (κ2) is 12.0. The van der Waals surface area contributed by atoms with E-state index in [9.17, 15) is 8.78 Å². The summed E-state index contributed by atoms with van der Waals surface area (Å²) in [5.41, 5.74) is 0.460. The third-order valence-corrected chi connectivity index (χ3v) is 5.80. The molecule has 0 spiro atoms. The molecule has 2 atom stereocenters. The van der Waals surface area contributed by atoms with Crippen molar-refractivity contribution in [3.63, 3.8) is 0 Å². The smallest absolute Gasteiger partial charge is 0.191 e. The number of piperazine rings is 1. The molecule has 170 valence electrons. The third kappa shape index (κ3) is 6.91. The Morgan fingerprint density at radius 1 is 1.20 bits per heavy atom. The Morgan fingerprint density at radius 2 is 1.93 bits per heavy atom. The summed E-state index contributed by atoms with van der Waals surface area (Å²) < 4.78 is 27.2. The summed E-state index contributed by atoms with van der Waals surface area (Å²) in [6.07, 6.45) is 0.884. The number of hydrogen-bond acceptors (Lipinski definition) is 4. The SMILES string of the molecule is CCNC(=NCC(C)N1CCN(C)CC1)NC1CCN(c2ccc(F)cc2F)C1.I. The van der Waals surface area contributed by atoms with E-state index in [0.29, 0.717) is 18.3 Å². The predicted octanol–water partition coefficient (Wildman–Crippen LogP) is 2.35. The first-order valence-corrected chi connectivity index (χ1v) is 10.6. The molecule has 3 rings (SSSR count). The second-order valence-electron chi connectivity index (χ2n) is 8.08. The van der Waals surface area contributed by atoms with Gasteiger partial charge in [0.25, 0.3) is 0 Å². The standard InChI is InChI=1S/C21H34F2N6.HI/c1-4-24-21(25-14-16(2)28-11-9-27(3)10-12-28)26-18-7-8-29(15-18)20-6-5-17(22)13-19(20)23;/h5-6,13,16,18H,4,7-12,14-15H2,1-3H3,(H2,24,25,26);1H. The number of nitrogens with zero attached hydrogens (tertiary/aromatic N) is 4. The van der Waals surface area contributed by atoms with Gasteiger partial charge in [0.1, 0.15) is 11.6 Å². The molecular formula is C21H35F2IN6. The third-order valence-electron chi connectivity index (χ3n) is 5.80. The van der Waals surface area contributed by atoms with Gasteiger partial charge in [-0.1, -0.05) is 0 Å². The number of rotatable bonds is 6. The number of halogens is 3. The molecule has 1 aromatic rings. The van der Waals surface area contributed by atoms with Gasteiger partial charge in [0.2, 0.25) is 0 Å². The number of guanidine groups is 1. The molecule has 2 saturated heterocycles. The first-order chi connectivity index (χ1) is 14.0. The fourth-order valence-electron chi connectivity index (χ4n) is 3.95. The molecule has 0 bridgehead atoms. The van der Waals surface area contributed by atoms with Crippen molar-refractivity contribution in [3.8, 4) is 0 Å². The summed E-state index contributed by atoms with van der Waals surface area (Å²) in [6.45, 7) is 11.6. The Bertz CT molecular complexity index is 696. The first kappa shape index (κ1) is 25.1. The zero-order valence-corrected chi connectivity index (χ0v) is 20.5. The van der Waals surface area contributed by atoms with Crippen LogP contribution in [0.4, 0.5) is 14.5 Å². The summed E-state index contributed by atoms with van der Waals surface area (Å²) in [7, 11) is 2.16. The van der Waals surface area contributed by atoms with Crippen LogP contribution in [0.1, 0.15) is 20.3 Å². The fraction of sp³-hybridized carbons (Fsp3) is 0.667. The highest BCUT2D eigenvalue weighted by atomic mass is 127. The molecule has 0 amide bonds. The van der Waals surface area contributed by atoms with Crippen molar-refractivity contribution >= 4 is 35.6 Å². The molecule has 2 heterocycles. The van der Waals surface area contributed by atoms with Crippen LogP contribution in [0.3, 0.4) is 0 Å². The second-order valence-corrected chi connectivity index (χ2v) is 8.08. The van der Waals surface area contributed by atoms with Crippen molar-refractivity contribution in [2.24, 2.45) is 4.99 Å². The van der Waals surface area contributed by atoms with E-state index in [1.165, 1.54) is 12.1 Å². The number of anilines is 1. The molecular weight excluding hydrogens is 501 g/mol. The van der Waals surface area contributed by atoms with Gasteiger partial charge in [0, 0.05) is 64.0 Å². The monoisotopic (exact) mass is 536 g/mol. The lowest BCUT2D eigenvalue weighted by atomic mass is 10.2. The topological polar surface area (TPSA) is 46.1 Å². The van der Waals surface area contributed by atoms with Crippen LogP contribution < -0.4 is 15.5 Å². The molecule has 2 aliphatic rings. The summed E-state index contributed by atoms with van der Waals surface area (Å²) in [5.74, 6) is -0.247. The minimum absolute atomic E-state index is 0. The molecule has 2 fully saturated rings. The van der Waals surface area contributed by atoms with Crippen LogP contribution in [0.15, 0.2) is 23.2 Å². The molecule has 2 unspecified atom stereocenters. The van der Waals surface area contributed by atoms with Crippen LogP contribution in [-0.4, -0.2) is 87.2 Å². The van der Waals surface area contributed by atoms with Gasteiger partial charge in [-0.2, -0.15) is 0 Å². The normalized spacial score (nSPS) is 22.0. The lowest BCUT2D eigenvalue weighted by Crippen LogP contribution is -2.49. The lowest BCUT2D eigenvalue weighted by Gasteiger charge is -2.36. The van der Waals surface area contributed by atoms with Gasteiger partial charge in [0.05, 0.1) is 12.2 Å². The first-order valence-electron chi connectivity index (χ1n) is 10.6. The molecule has 0 saturated carbocycles. The van der Waals surface area contributed by atoms with Crippen molar-refractivity contribution in [2.75, 3.05) is 64.3 Å². The van der Waals surface area contributed by atoms with E-state index in [0.717, 1.165) is 64.3 Å². The van der Waals surface area contributed by atoms with Gasteiger partial charge in [-0.15, -0.1) is 24.0 Å². The zero-order valence-electron chi connectivity index (χ0n) is 18.2. The van der Waals surface area contributed by atoms with Crippen molar-refractivity contribution in [2.45, 2.75) is 32.4 Å². The van der Waals surface area contributed by atoms with Gasteiger partial charge >= 0.3 is 0 Å². The van der Waals surface area contributed by atoms with E-state index >= 15 is 0 Å². The van der Waals surface area contributed by atoms with Gasteiger partial charge < -0.3 is 20.4 Å². The largest absolute Gasteiger partial charge is 0.367 e. The van der Waals surface area contributed by atoms with E-state index < -0.39 is 11.6 Å². The summed E-state index contributed by atoms with van der Waals surface area (Å²) in [4.78, 5) is 11.6. The molecule has 0 aliphatic carbocycles. The van der Waals surface area contributed by atoms with Crippen LogP contribution in [0, 0.1) is 11.6 Å². The molecule has 2 N–H and O–H groups in total. The molecule has 2 aliphatic heterocycles. The highest BCUT2D eigenvalue weighted by Gasteiger charge is 2.25. The Kier molecular flexibility index (Phi) is 10.0. The average Bonchev–Trinajstić information content (AvgIpc) is 3.14. The van der Waals surface area contributed by atoms with Crippen LogP contribution in [0.25, 0.3) is 0 Å². The number of nitrogens with one attached hydrogen (secondary N) is 2. The number of benzene rings is 1. The van der Waals surface area contributed by atoms with E-state index in [1.807, 2.05) is 4.90 Å². The molecule has 6 nitrogen and oxygen atoms in total. The van der Waals surface area contributed by atoms with Crippen LogP contribution in [0.2, 0.25) is 0 Å².